The first kappa shape index (κ1) is 16.7. The number of nitrogens with zero attached hydrogens (tertiary/aromatic N) is 4. The maximum Gasteiger partial charge on any atom is 0.270 e. The van der Waals surface area contributed by atoms with Gasteiger partial charge in [0.2, 0.25) is 0 Å². The molecule has 0 radical (unpaired) electrons. The molecule has 0 saturated carbocycles. The zero-order valence-electron chi connectivity index (χ0n) is 14.7. The fourth-order valence-corrected chi connectivity index (χ4v) is 2.94. The molecule has 4 aromatic rings. The monoisotopic (exact) mass is 359 g/mol. The van der Waals surface area contributed by atoms with Crippen LogP contribution in [0.5, 0.6) is 0 Å². The Hall–Kier alpha value is -3.74. The van der Waals surface area contributed by atoms with Crippen molar-refractivity contribution in [2.45, 2.75) is 13.5 Å². The van der Waals surface area contributed by atoms with Crippen molar-refractivity contribution in [1.82, 2.24) is 14.8 Å². The number of non-ortho nitro benzene ring substituents is 1. The van der Waals surface area contributed by atoms with Crippen LogP contribution in [0.3, 0.4) is 0 Å². The summed E-state index contributed by atoms with van der Waals surface area (Å²) in [6.45, 7) is 2.54. The Kier molecular flexibility index (Phi) is 4.25. The first-order chi connectivity index (χ1) is 13.1. The van der Waals surface area contributed by atoms with Crippen molar-refractivity contribution in [3.63, 3.8) is 0 Å². The van der Waals surface area contributed by atoms with E-state index in [1.807, 2.05) is 60.3 Å². The average molecular weight is 359 g/mol. The molecule has 0 atom stereocenters. The number of anilines is 1. The van der Waals surface area contributed by atoms with Gasteiger partial charge in [0.1, 0.15) is 5.82 Å². The van der Waals surface area contributed by atoms with E-state index in [2.05, 4.69) is 15.4 Å². The number of aryl methyl sites for hydroxylation is 1. The summed E-state index contributed by atoms with van der Waals surface area (Å²) >= 11 is 0. The van der Waals surface area contributed by atoms with Crippen molar-refractivity contribution in [2.24, 2.45) is 0 Å². The molecule has 0 saturated heterocycles. The van der Waals surface area contributed by atoms with E-state index in [1.54, 1.807) is 6.07 Å². The van der Waals surface area contributed by atoms with E-state index in [0.29, 0.717) is 17.9 Å². The normalized spacial score (nSPS) is 10.9. The van der Waals surface area contributed by atoms with Gasteiger partial charge in [0.25, 0.3) is 5.69 Å². The number of rotatable bonds is 5. The minimum atomic E-state index is -0.403. The number of benzene rings is 2. The molecule has 134 valence electrons. The Morgan fingerprint density at radius 1 is 1.11 bits per heavy atom. The Labute approximate surface area is 155 Å². The van der Waals surface area contributed by atoms with Crippen molar-refractivity contribution >= 4 is 22.4 Å². The summed E-state index contributed by atoms with van der Waals surface area (Å²) in [6.07, 6.45) is 1.94. The molecule has 27 heavy (non-hydrogen) atoms. The van der Waals surface area contributed by atoms with Crippen LogP contribution in [0.2, 0.25) is 0 Å². The van der Waals surface area contributed by atoms with E-state index in [9.17, 15) is 10.1 Å². The zero-order valence-corrected chi connectivity index (χ0v) is 14.7. The molecular formula is C20H17N5O2. The van der Waals surface area contributed by atoms with Gasteiger partial charge in [-0.05, 0) is 42.8 Å². The predicted octanol–water partition coefficient (Wildman–Crippen LogP) is 4.25. The van der Waals surface area contributed by atoms with Gasteiger partial charge >= 0.3 is 0 Å². The number of nitro benzene ring substituents is 1. The molecule has 0 unspecified atom stereocenters. The van der Waals surface area contributed by atoms with Crippen molar-refractivity contribution in [3.8, 4) is 5.69 Å². The summed E-state index contributed by atoms with van der Waals surface area (Å²) in [5.41, 5.74) is 3.83. The van der Waals surface area contributed by atoms with Crippen LogP contribution in [0.15, 0.2) is 66.9 Å². The van der Waals surface area contributed by atoms with Gasteiger partial charge in [-0.15, -0.1) is 0 Å². The molecule has 0 aliphatic carbocycles. The van der Waals surface area contributed by atoms with Crippen LogP contribution in [-0.2, 0) is 6.54 Å². The number of nitro groups is 1. The predicted molar refractivity (Wildman–Crippen MR) is 104 cm³/mol. The van der Waals surface area contributed by atoms with Gasteiger partial charge < -0.3 is 5.32 Å². The Balaban J connectivity index is 1.57. The van der Waals surface area contributed by atoms with E-state index < -0.39 is 4.92 Å². The third-order valence-corrected chi connectivity index (χ3v) is 4.30. The van der Waals surface area contributed by atoms with Crippen molar-refractivity contribution < 1.29 is 4.92 Å². The Morgan fingerprint density at radius 2 is 1.96 bits per heavy atom. The molecule has 0 amide bonds. The summed E-state index contributed by atoms with van der Waals surface area (Å²) in [4.78, 5) is 15.0. The molecule has 2 aromatic carbocycles. The minimum Gasteiger partial charge on any atom is -0.366 e. The molecule has 0 aliphatic heterocycles. The molecular weight excluding hydrogens is 342 g/mol. The second-order valence-electron chi connectivity index (χ2n) is 6.21. The van der Waals surface area contributed by atoms with Crippen molar-refractivity contribution in [1.29, 1.82) is 0 Å². The average Bonchev–Trinajstić information content (AvgIpc) is 3.12. The molecule has 1 N–H and O–H groups in total. The van der Waals surface area contributed by atoms with Gasteiger partial charge in [0.15, 0.2) is 0 Å². The van der Waals surface area contributed by atoms with E-state index in [4.69, 9.17) is 0 Å². The molecule has 2 heterocycles. The summed E-state index contributed by atoms with van der Waals surface area (Å²) in [6, 6.07) is 18.3. The van der Waals surface area contributed by atoms with Crippen LogP contribution in [0.1, 0.15) is 11.3 Å². The second kappa shape index (κ2) is 6.87. The number of aromatic nitrogens is 3. The van der Waals surface area contributed by atoms with Crippen LogP contribution >= 0.6 is 0 Å². The highest BCUT2D eigenvalue weighted by Gasteiger charge is 2.08. The van der Waals surface area contributed by atoms with Gasteiger partial charge in [-0.2, -0.15) is 5.10 Å². The fraction of sp³-hybridized carbons (Fsp3) is 0.100. The van der Waals surface area contributed by atoms with Crippen LogP contribution in [-0.4, -0.2) is 19.7 Å². The summed E-state index contributed by atoms with van der Waals surface area (Å²) in [5, 5.41) is 19.4. The molecule has 0 fully saturated rings. The SMILES string of the molecule is Cc1ccn(-c2ccccc2CNc2ccc3cc([N+](=O)[O-])ccc3n2)n1. The maximum atomic E-state index is 10.9. The van der Waals surface area contributed by atoms with Crippen LogP contribution in [0, 0.1) is 17.0 Å². The lowest BCUT2D eigenvalue weighted by molar-refractivity contribution is -0.384. The topological polar surface area (TPSA) is 85.9 Å². The van der Waals surface area contributed by atoms with Crippen LogP contribution in [0.4, 0.5) is 11.5 Å². The van der Waals surface area contributed by atoms with E-state index >= 15 is 0 Å². The molecule has 2 aromatic heterocycles. The Bertz CT molecular complexity index is 1140. The standard InChI is InChI=1S/C20H17N5O2/c1-14-10-11-24(23-14)19-5-3-2-4-16(19)13-21-20-9-6-15-12-17(25(26)27)7-8-18(15)22-20/h2-12H,13H2,1H3,(H,21,22). The third kappa shape index (κ3) is 3.48. The van der Waals surface area contributed by atoms with Crippen LogP contribution in [0.25, 0.3) is 16.6 Å². The number of hydrogen-bond acceptors (Lipinski definition) is 5. The molecule has 7 nitrogen and oxygen atoms in total. The van der Waals surface area contributed by atoms with Gasteiger partial charge in [-0.25, -0.2) is 9.67 Å². The van der Waals surface area contributed by atoms with Gasteiger partial charge in [-0.3, -0.25) is 10.1 Å². The molecule has 4 rings (SSSR count). The van der Waals surface area contributed by atoms with E-state index in [-0.39, 0.29) is 5.69 Å². The highest BCUT2D eigenvalue weighted by molar-refractivity contribution is 5.82. The molecule has 0 bridgehead atoms. The first-order valence-electron chi connectivity index (χ1n) is 8.50. The minimum absolute atomic E-state index is 0.0634. The largest absolute Gasteiger partial charge is 0.366 e. The lowest BCUT2D eigenvalue weighted by Crippen LogP contribution is -2.06. The quantitative estimate of drug-likeness (QED) is 0.425. The smallest absolute Gasteiger partial charge is 0.270 e. The fourth-order valence-electron chi connectivity index (χ4n) is 2.94. The van der Waals surface area contributed by atoms with Crippen LogP contribution < -0.4 is 5.32 Å². The summed E-state index contributed by atoms with van der Waals surface area (Å²) < 4.78 is 1.86. The Morgan fingerprint density at radius 3 is 2.74 bits per heavy atom. The van der Waals surface area contributed by atoms with E-state index in [0.717, 1.165) is 22.3 Å². The highest BCUT2D eigenvalue weighted by Crippen LogP contribution is 2.22. The lowest BCUT2D eigenvalue weighted by atomic mass is 10.1. The van der Waals surface area contributed by atoms with E-state index in [1.165, 1.54) is 12.1 Å². The zero-order chi connectivity index (χ0) is 18.8. The maximum absolute atomic E-state index is 10.9. The number of fused-ring (bicyclic) bond motifs is 1. The van der Waals surface area contributed by atoms with Gasteiger partial charge in [0, 0.05) is 30.3 Å². The van der Waals surface area contributed by atoms with Crippen molar-refractivity contribution in [2.75, 3.05) is 5.32 Å². The number of hydrogen-bond donors (Lipinski definition) is 1. The molecule has 0 spiro atoms. The van der Waals surface area contributed by atoms with Crippen molar-refractivity contribution in [3.05, 3.63) is 88.2 Å². The number of nitrogens with one attached hydrogen (secondary N) is 1. The first-order valence-corrected chi connectivity index (χ1v) is 8.50. The molecule has 0 aliphatic rings. The van der Waals surface area contributed by atoms with Gasteiger partial charge in [0.05, 0.1) is 21.8 Å². The second-order valence-corrected chi connectivity index (χ2v) is 6.21. The highest BCUT2D eigenvalue weighted by atomic mass is 16.6. The summed E-state index contributed by atoms with van der Waals surface area (Å²) in [5.74, 6) is 0.711. The molecule has 7 heteroatoms. The number of para-hydroxylation sites is 1. The summed E-state index contributed by atoms with van der Waals surface area (Å²) in [7, 11) is 0. The third-order valence-electron chi connectivity index (χ3n) is 4.30. The lowest BCUT2D eigenvalue weighted by Gasteiger charge is -2.11. The van der Waals surface area contributed by atoms with Gasteiger partial charge in [-0.1, -0.05) is 18.2 Å². The number of pyridine rings is 1.